The summed E-state index contributed by atoms with van der Waals surface area (Å²) in [6, 6.07) is 10.1. The van der Waals surface area contributed by atoms with Crippen molar-refractivity contribution in [1.29, 1.82) is 0 Å². The van der Waals surface area contributed by atoms with Gasteiger partial charge in [-0.3, -0.25) is 0 Å². The van der Waals surface area contributed by atoms with Crippen LogP contribution in [0, 0.1) is 5.92 Å². The van der Waals surface area contributed by atoms with Crippen molar-refractivity contribution >= 4 is 0 Å². The van der Waals surface area contributed by atoms with Gasteiger partial charge in [-0.2, -0.15) is 0 Å². The minimum Gasteiger partial charge on any atom is -0.388 e. The molecule has 0 aliphatic heterocycles. The second-order valence-corrected chi connectivity index (χ2v) is 9.16. The zero-order valence-electron chi connectivity index (χ0n) is 17.8. The molecule has 1 N–H and O–H groups in total. The third-order valence-electron chi connectivity index (χ3n) is 3.85. The van der Waals surface area contributed by atoms with Gasteiger partial charge in [0.2, 0.25) is 0 Å². The van der Waals surface area contributed by atoms with Crippen LogP contribution in [-0.4, -0.2) is 41.7 Å². The fraction of sp³-hybridized carbons (Fsp3) is 0.727. The lowest BCUT2D eigenvalue weighted by Gasteiger charge is -2.33. The molecule has 1 aromatic rings. The molecule has 0 spiro atoms. The molecule has 1 rings (SSSR count). The summed E-state index contributed by atoms with van der Waals surface area (Å²) in [5, 5.41) is 10.7. The van der Waals surface area contributed by atoms with Crippen molar-refractivity contribution in [1.82, 2.24) is 0 Å². The maximum atomic E-state index is 10.7. The standard InChI is InChI=1S/C22H38O4/c1-16(2)20(17-12-10-9-11-13-17)26-19(15-25-22(6,7)8)18(23)14-24-21(3,4)5/h9-13,16,18-20,23H,14-15H2,1-8H3/t18-,19-,20-/m0/s1. The largest absolute Gasteiger partial charge is 0.388 e. The third kappa shape index (κ3) is 9.13. The van der Waals surface area contributed by atoms with E-state index in [-0.39, 0.29) is 29.8 Å². The molecule has 0 fully saturated rings. The average Bonchev–Trinajstić information content (AvgIpc) is 2.51. The van der Waals surface area contributed by atoms with Gasteiger partial charge in [0.25, 0.3) is 0 Å². The summed E-state index contributed by atoms with van der Waals surface area (Å²) in [7, 11) is 0. The Hall–Kier alpha value is -0.940. The van der Waals surface area contributed by atoms with Crippen LogP contribution >= 0.6 is 0 Å². The maximum absolute atomic E-state index is 10.7. The molecule has 4 heteroatoms. The van der Waals surface area contributed by atoms with Crippen molar-refractivity contribution in [3.05, 3.63) is 35.9 Å². The highest BCUT2D eigenvalue weighted by atomic mass is 16.6. The molecule has 0 aliphatic rings. The third-order valence-corrected chi connectivity index (χ3v) is 3.85. The van der Waals surface area contributed by atoms with Gasteiger partial charge in [-0.1, -0.05) is 44.2 Å². The molecule has 0 aromatic heterocycles. The Kier molecular flexibility index (Phi) is 8.74. The average molecular weight is 367 g/mol. The van der Waals surface area contributed by atoms with Gasteiger partial charge in [-0.15, -0.1) is 0 Å². The predicted molar refractivity (Wildman–Crippen MR) is 106 cm³/mol. The molecule has 4 nitrogen and oxygen atoms in total. The molecule has 0 unspecified atom stereocenters. The summed E-state index contributed by atoms with van der Waals surface area (Å²) in [4.78, 5) is 0. The molecule has 1 aromatic carbocycles. The first kappa shape index (κ1) is 23.1. The first-order valence-corrected chi connectivity index (χ1v) is 9.55. The lowest BCUT2D eigenvalue weighted by atomic mass is 9.98. The second-order valence-electron chi connectivity index (χ2n) is 9.16. The first-order chi connectivity index (χ1) is 11.9. The Morgan fingerprint density at radius 1 is 0.846 bits per heavy atom. The molecule has 0 amide bonds. The van der Waals surface area contributed by atoms with Crippen LogP contribution in [0.3, 0.4) is 0 Å². The van der Waals surface area contributed by atoms with Crippen LogP contribution in [-0.2, 0) is 14.2 Å². The lowest BCUT2D eigenvalue weighted by molar-refractivity contribution is -0.165. The minimum absolute atomic E-state index is 0.117. The molecule has 0 saturated heterocycles. The van der Waals surface area contributed by atoms with Crippen LogP contribution in [0.25, 0.3) is 0 Å². The molecule has 150 valence electrons. The zero-order chi connectivity index (χ0) is 20.0. The van der Waals surface area contributed by atoms with Crippen molar-refractivity contribution in [2.75, 3.05) is 13.2 Å². The van der Waals surface area contributed by atoms with E-state index in [4.69, 9.17) is 14.2 Å². The molecule has 0 saturated carbocycles. The molecule has 0 radical (unpaired) electrons. The van der Waals surface area contributed by atoms with Crippen molar-refractivity contribution in [2.24, 2.45) is 5.92 Å². The van der Waals surface area contributed by atoms with E-state index in [2.05, 4.69) is 26.0 Å². The number of benzene rings is 1. The number of ether oxygens (including phenoxy) is 3. The lowest BCUT2D eigenvalue weighted by Crippen LogP contribution is -2.42. The minimum atomic E-state index is -0.762. The zero-order valence-corrected chi connectivity index (χ0v) is 17.8. The molecule has 26 heavy (non-hydrogen) atoms. The summed E-state index contributed by atoms with van der Waals surface area (Å²) in [6.07, 6.45) is -1.35. The van der Waals surface area contributed by atoms with Crippen molar-refractivity contribution in [3.8, 4) is 0 Å². The summed E-state index contributed by atoms with van der Waals surface area (Å²) in [5.41, 5.74) is 0.492. The first-order valence-electron chi connectivity index (χ1n) is 9.55. The summed E-state index contributed by atoms with van der Waals surface area (Å²) >= 11 is 0. The normalized spacial score (nSPS) is 16.5. The van der Waals surface area contributed by atoms with E-state index < -0.39 is 12.2 Å². The SMILES string of the molecule is CC(C)[C@H](O[C@@H](COC(C)(C)C)[C@@H](O)COC(C)(C)C)c1ccccc1. The molecule has 3 atom stereocenters. The summed E-state index contributed by atoms with van der Waals surface area (Å²) in [5.74, 6) is 0.269. The fourth-order valence-corrected chi connectivity index (χ4v) is 2.47. The number of rotatable bonds is 9. The smallest absolute Gasteiger partial charge is 0.110 e. The number of aliphatic hydroxyl groups excluding tert-OH is 1. The van der Waals surface area contributed by atoms with Gasteiger partial charge in [-0.05, 0) is 53.0 Å². The summed E-state index contributed by atoms with van der Waals surface area (Å²) < 4.78 is 18.1. The highest BCUT2D eigenvalue weighted by molar-refractivity contribution is 5.18. The van der Waals surface area contributed by atoms with Gasteiger partial charge < -0.3 is 19.3 Å². The highest BCUT2D eigenvalue weighted by Gasteiger charge is 2.29. The quantitative estimate of drug-likeness (QED) is 0.684. The molecule has 0 heterocycles. The van der Waals surface area contributed by atoms with Crippen LogP contribution in [0.5, 0.6) is 0 Å². The topological polar surface area (TPSA) is 47.9 Å². The van der Waals surface area contributed by atoms with Gasteiger partial charge in [0.15, 0.2) is 0 Å². The van der Waals surface area contributed by atoms with Crippen LogP contribution in [0.4, 0.5) is 0 Å². The van der Waals surface area contributed by atoms with Gasteiger partial charge in [0, 0.05) is 0 Å². The number of aliphatic hydroxyl groups is 1. The molecular weight excluding hydrogens is 328 g/mol. The fourth-order valence-electron chi connectivity index (χ4n) is 2.47. The van der Waals surface area contributed by atoms with E-state index in [1.807, 2.05) is 59.7 Å². The van der Waals surface area contributed by atoms with Gasteiger partial charge in [0.05, 0.1) is 30.5 Å². The van der Waals surface area contributed by atoms with Crippen molar-refractivity contribution in [2.45, 2.75) is 84.9 Å². The predicted octanol–water partition coefficient (Wildman–Crippen LogP) is 4.76. The second kappa shape index (κ2) is 9.84. The van der Waals surface area contributed by atoms with Crippen LogP contribution in [0.15, 0.2) is 30.3 Å². The molecule has 0 aliphatic carbocycles. The van der Waals surface area contributed by atoms with E-state index in [0.717, 1.165) is 5.56 Å². The monoisotopic (exact) mass is 366 g/mol. The Bertz CT molecular complexity index is 499. The van der Waals surface area contributed by atoms with Gasteiger partial charge in [0.1, 0.15) is 12.2 Å². The Balaban J connectivity index is 2.90. The van der Waals surface area contributed by atoms with Gasteiger partial charge in [-0.25, -0.2) is 0 Å². The maximum Gasteiger partial charge on any atom is 0.110 e. The molecular formula is C22H38O4. The Labute approximate surface area is 159 Å². The van der Waals surface area contributed by atoms with Gasteiger partial charge >= 0.3 is 0 Å². The summed E-state index contributed by atoms with van der Waals surface area (Å²) in [6.45, 7) is 16.7. The Morgan fingerprint density at radius 3 is 1.81 bits per heavy atom. The van der Waals surface area contributed by atoms with Crippen LogP contribution in [0.1, 0.15) is 67.1 Å². The highest BCUT2D eigenvalue weighted by Crippen LogP contribution is 2.28. The van der Waals surface area contributed by atoms with E-state index in [9.17, 15) is 5.11 Å². The number of hydrogen-bond acceptors (Lipinski definition) is 4. The van der Waals surface area contributed by atoms with E-state index in [1.165, 1.54) is 0 Å². The Morgan fingerprint density at radius 2 is 1.35 bits per heavy atom. The van der Waals surface area contributed by atoms with E-state index in [0.29, 0.717) is 6.61 Å². The van der Waals surface area contributed by atoms with Crippen LogP contribution < -0.4 is 0 Å². The van der Waals surface area contributed by atoms with E-state index in [1.54, 1.807) is 0 Å². The number of hydrogen-bond donors (Lipinski definition) is 1. The molecule has 0 bridgehead atoms. The van der Waals surface area contributed by atoms with Crippen LogP contribution in [0.2, 0.25) is 0 Å². The van der Waals surface area contributed by atoms with Crippen molar-refractivity contribution < 1.29 is 19.3 Å². The van der Waals surface area contributed by atoms with E-state index >= 15 is 0 Å². The van der Waals surface area contributed by atoms with Crippen molar-refractivity contribution in [3.63, 3.8) is 0 Å².